The number of nitrogens with zero attached hydrogens (tertiary/aromatic N) is 5. The first-order valence-corrected chi connectivity index (χ1v) is 8.27. The zero-order valence-corrected chi connectivity index (χ0v) is 12.9. The monoisotopic (exact) mass is 316 g/mol. The normalized spacial score (nSPS) is 12.4. The van der Waals surface area contributed by atoms with Gasteiger partial charge in [-0.3, -0.25) is 4.79 Å². The minimum atomic E-state index is -0.227. The van der Waals surface area contributed by atoms with Crippen molar-refractivity contribution in [3.8, 4) is 0 Å². The van der Waals surface area contributed by atoms with Gasteiger partial charge in [0.15, 0.2) is 5.65 Å². The van der Waals surface area contributed by atoms with Crippen LogP contribution in [0.15, 0.2) is 42.9 Å². The van der Waals surface area contributed by atoms with Crippen molar-refractivity contribution in [3.63, 3.8) is 0 Å². The van der Waals surface area contributed by atoms with E-state index in [1.165, 1.54) is 0 Å². The second-order valence-electron chi connectivity index (χ2n) is 4.81. The van der Waals surface area contributed by atoms with Gasteiger partial charge >= 0.3 is 0 Å². The molecule has 1 amide bonds. The Morgan fingerprint density at radius 2 is 2.18 bits per heavy atom. The molecule has 1 atom stereocenters. The van der Waals surface area contributed by atoms with E-state index in [1.54, 1.807) is 34.6 Å². The molecule has 0 aliphatic rings. The number of hydrogen-bond donors (Lipinski definition) is 1. The van der Waals surface area contributed by atoms with E-state index in [0.29, 0.717) is 11.3 Å². The summed E-state index contributed by atoms with van der Waals surface area (Å²) in [6, 6.07) is 7.15. The Morgan fingerprint density at radius 1 is 1.36 bits per heavy atom. The minimum Gasteiger partial charge on any atom is -0.342 e. The van der Waals surface area contributed by atoms with Crippen LogP contribution in [-0.2, 0) is 4.79 Å². The largest absolute Gasteiger partial charge is 0.342 e. The number of anilines is 1. The molecule has 0 aliphatic heterocycles. The summed E-state index contributed by atoms with van der Waals surface area (Å²) in [5.41, 5.74) is 1.29. The first-order valence-electron chi connectivity index (χ1n) is 6.88. The number of amides is 1. The highest BCUT2D eigenvalue weighted by Gasteiger charge is 2.19. The molecule has 0 aromatic carbocycles. The van der Waals surface area contributed by atoms with Crippen LogP contribution in [0.2, 0.25) is 0 Å². The summed E-state index contributed by atoms with van der Waals surface area (Å²) in [6.07, 6.45) is 8.36. The number of carbonyl (C=O) groups excluding carboxylic acids is 1. The Balaban J connectivity index is 1.77. The second-order valence-corrected chi connectivity index (χ2v) is 5.80. The van der Waals surface area contributed by atoms with E-state index in [2.05, 4.69) is 20.8 Å². The number of aromatic nitrogens is 5. The van der Waals surface area contributed by atoms with Crippen molar-refractivity contribution < 1.29 is 4.79 Å². The zero-order valence-electron chi connectivity index (χ0n) is 12.1. The van der Waals surface area contributed by atoms with Gasteiger partial charge in [0.2, 0.25) is 5.91 Å². The molecule has 0 saturated heterocycles. The van der Waals surface area contributed by atoms with E-state index in [1.807, 2.05) is 35.3 Å². The van der Waals surface area contributed by atoms with Gasteiger partial charge in [0, 0.05) is 30.3 Å². The van der Waals surface area contributed by atoms with Gasteiger partial charge in [0.25, 0.3) is 0 Å². The number of thioether (sulfide) groups is 1. The van der Waals surface area contributed by atoms with Crippen molar-refractivity contribution >= 4 is 29.0 Å². The quantitative estimate of drug-likeness (QED) is 0.751. The van der Waals surface area contributed by atoms with Crippen LogP contribution in [0.5, 0.6) is 0 Å². The molecule has 7 nitrogen and oxygen atoms in total. The fourth-order valence-electron chi connectivity index (χ4n) is 2.24. The summed E-state index contributed by atoms with van der Waals surface area (Å²) in [7, 11) is 0. The maximum Gasteiger partial charge on any atom is 0.247 e. The Hall–Kier alpha value is -2.35. The predicted molar refractivity (Wildman–Crippen MR) is 85.9 cm³/mol. The molecule has 0 radical (unpaired) electrons. The lowest BCUT2D eigenvalue weighted by molar-refractivity contribution is -0.119. The van der Waals surface area contributed by atoms with Crippen molar-refractivity contribution in [2.45, 2.75) is 12.5 Å². The molecule has 114 valence electrons. The second kappa shape index (κ2) is 6.61. The SMILES string of the molecule is CSCC[C@@H](C(=O)Nc1ccn2nnnc2c1)n1cccc1. The van der Waals surface area contributed by atoms with Crippen LogP contribution in [-0.4, -0.2) is 42.5 Å². The topological polar surface area (TPSA) is 77.1 Å². The maximum atomic E-state index is 12.6. The van der Waals surface area contributed by atoms with Gasteiger partial charge in [-0.25, -0.2) is 4.52 Å². The van der Waals surface area contributed by atoms with Gasteiger partial charge in [-0.05, 0) is 47.1 Å². The van der Waals surface area contributed by atoms with E-state index in [9.17, 15) is 4.79 Å². The molecule has 3 rings (SSSR count). The molecule has 0 aliphatic carbocycles. The first kappa shape index (κ1) is 14.6. The number of carbonyl (C=O) groups is 1. The van der Waals surface area contributed by atoms with Crippen molar-refractivity contribution in [3.05, 3.63) is 42.9 Å². The van der Waals surface area contributed by atoms with E-state index in [0.717, 1.165) is 12.2 Å². The van der Waals surface area contributed by atoms with Gasteiger partial charge in [-0.2, -0.15) is 11.8 Å². The lowest BCUT2D eigenvalue weighted by atomic mass is 10.2. The van der Waals surface area contributed by atoms with Crippen molar-refractivity contribution in [1.29, 1.82) is 0 Å². The molecule has 3 aromatic heterocycles. The average molecular weight is 316 g/mol. The van der Waals surface area contributed by atoms with Crippen molar-refractivity contribution in [2.75, 3.05) is 17.3 Å². The molecule has 3 heterocycles. The van der Waals surface area contributed by atoms with Crippen molar-refractivity contribution in [1.82, 2.24) is 24.6 Å². The summed E-state index contributed by atoms with van der Waals surface area (Å²) < 4.78 is 3.48. The fourth-order valence-corrected chi connectivity index (χ4v) is 2.70. The van der Waals surface area contributed by atoms with Gasteiger partial charge in [-0.1, -0.05) is 0 Å². The average Bonchev–Trinajstić information content (AvgIpc) is 3.18. The number of nitrogens with one attached hydrogen (secondary N) is 1. The summed E-state index contributed by atoms with van der Waals surface area (Å²) in [5, 5.41) is 14.2. The van der Waals surface area contributed by atoms with Crippen LogP contribution >= 0.6 is 11.8 Å². The van der Waals surface area contributed by atoms with E-state index in [4.69, 9.17) is 0 Å². The van der Waals surface area contributed by atoms with Crippen LogP contribution in [0.1, 0.15) is 12.5 Å². The van der Waals surface area contributed by atoms with E-state index < -0.39 is 0 Å². The number of fused-ring (bicyclic) bond motifs is 1. The number of rotatable bonds is 6. The molecule has 3 aromatic rings. The lowest BCUT2D eigenvalue weighted by Gasteiger charge is -2.18. The molecule has 0 bridgehead atoms. The maximum absolute atomic E-state index is 12.6. The van der Waals surface area contributed by atoms with Gasteiger partial charge in [0.05, 0.1) is 0 Å². The highest BCUT2D eigenvalue weighted by Crippen LogP contribution is 2.18. The Kier molecular flexibility index (Phi) is 4.38. The highest BCUT2D eigenvalue weighted by molar-refractivity contribution is 7.98. The van der Waals surface area contributed by atoms with Gasteiger partial charge in [0.1, 0.15) is 6.04 Å². The number of tetrazole rings is 1. The van der Waals surface area contributed by atoms with E-state index in [-0.39, 0.29) is 11.9 Å². The summed E-state index contributed by atoms with van der Waals surface area (Å²) in [5.74, 6) is 0.880. The van der Waals surface area contributed by atoms with Crippen LogP contribution in [0.3, 0.4) is 0 Å². The molecule has 0 spiro atoms. The standard InChI is InChI=1S/C14H16N6OS/c1-22-9-5-12(19-6-2-3-7-19)14(21)15-11-4-8-20-13(10-11)16-17-18-20/h2-4,6-8,10,12H,5,9H2,1H3,(H,15,21)/t12-/m0/s1. The van der Waals surface area contributed by atoms with E-state index >= 15 is 0 Å². The molecular weight excluding hydrogens is 300 g/mol. The molecule has 0 saturated carbocycles. The molecular formula is C14H16N6OS. The molecule has 8 heteroatoms. The Morgan fingerprint density at radius 3 is 2.95 bits per heavy atom. The molecule has 1 N–H and O–H groups in total. The Labute approximate surface area is 131 Å². The molecule has 0 fully saturated rings. The number of hydrogen-bond acceptors (Lipinski definition) is 5. The summed E-state index contributed by atoms with van der Waals surface area (Å²) >= 11 is 1.73. The van der Waals surface area contributed by atoms with Gasteiger partial charge in [-0.15, -0.1) is 5.10 Å². The van der Waals surface area contributed by atoms with Gasteiger partial charge < -0.3 is 9.88 Å². The third-order valence-corrected chi connectivity index (χ3v) is 4.00. The third kappa shape index (κ3) is 3.11. The first-order chi connectivity index (χ1) is 10.8. The Bertz CT molecular complexity index is 754. The van der Waals surface area contributed by atoms with Crippen LogP contribution in [0.25, 0.3) is 5.65 Å². The highest BCUT2D eigenvalue weighted by atomic mass is 32.2. The minimum absolute atomic E-state index is 0.0397. The summed E-state index contributed by atoms with van der Waals surface area (Å²) in [4.78, 5) is 12.6. The van der Waals surface area contributed by atoms with Crippen LogP contribution < -0.4 is 5.32 Å². The molecule has 0 unspecified atom stereocenters. The number of pyridine rings is 1. The van der Waals surface area contributed by atoms with Crippen molar-refractivity contribution in [2.24, 2.45) is 0 Å². The summed E-state index contributed by atoms with van der Waals surface area (Å²) in [6.45, 7) is 0. The third-order valence-electron chi connectivity index (χ3n) is 3.35. The van der Waals surface area contributed by atoms with Crippen LogP contribution in [0.4, 0.5) is 5.69 Å². The fraction of sp³-hybridized carbons (Fsp3) is 0.286. The zero-order chi connectivity index (χ0) is 15.4. The predicted octanol–water partition coefficient (Wildman–Crippen LogP) is 1.86. The van der Waals surface area contributed by atoms with Crippen LogP contribution in [0, 0.1) is 0 Å². The lowest BCUT2D eigenvalue weighted by Crippen LogP contribution is -2.26. The molecule has 22 heavy (non-hydrogen) atoms. The smallest absolute Gasteiger partial charge is 0.247 e.